The second-order valence-corrected chi connectivity index (χ2v) is 9.43. The fourth-order valence-corrected chi connectivity index (χ4v) is 5.45. The average molecular weight is 440 g/mol. The van der Waals surface area contributed by atoms with Crippen molar-refractivity contribution in [3.05, 3.63) is 29.8 Å². The van der Waals surface area contributed by atoms with Crippen molar-refractivity contribution in [2.45, 2.75) is 31.8 Å². The number of sulfonamides is 1. The van der Waals surface area contributed by atoms with Crippen LogP contribution in [0.2, 0.25) is 0 Å². The number of fused-ring (bicyclic) bond motifs is 1. The van der Waals surface area contributed by atoms with Gasteiger partial charge in [0.2, 0.25) is 10.0 Å². The van der Waals surface area contributed by atoms with Crippen molar-refractivity contribution in [1.29, 1.82) is 0 Å². The smallest absolute Gasteiger partial charge is 0.255 e. The molecule has 166 valence electrons. The molecule has 2 fully saturated rings. The summed E-state index contributed by atoms with van der Waals surface area (Å²) in [5, 5.41) is 2.98. The molecule has 2 saturated heterocycles. The molecule has 0 aliphatic carbocycles. The van der Waals surface area contributed by atoms with E-state index in [1.165, 1.54) is 7.11 Å². The first kappa shape index (κ1) is 22.5. The number of carbonyl (C=O) groups is 2. The topological polar surface area (TPSA) is 105 Å². The van der Waals surface area contributed by atoms with E-state index in [-0.39, 0.29) is 30.8 Å². The van der Waals surface area contributed by atoms with Crippen molar-refractivity contribution < 1.29 is 27.5 Å². The van der Waals surface area contributed by atoms with E-state index >= 15 is 0 Å². The molecule has 0 radical (unpaired) electrons. The molecule has 3 rings (SSSR count). The number of nitrogens with one attached hydrogen (secondary N) is 1. The van der Waals surface area contributed by atoms with Gasteiger partial charge in [0.1, 0.15) is 5.75 Å². The molecule has 9 nitrogen and oxygen atoms in total. The lowest BCUT2D eigenvalue weighted by molar-refractivity contribution is -0.130. The van der Waals surface area contributed by atoms with Crippen LogP contribution in [0.1, 0.15) is 30.1 Å². The number of para-hydroxylation sites is 1. The molecule has 2 atom stereocenters. The molecule has 2 amide bonds. The zero-order valence-corrected chi connectivity index (χ0v) is 18.2. The van der Waals surface area contributed by atoms with Gasteiger partial charge in [-0.1, -0.05) is 12.1 Å². The third-order valence-electron chi connectivity index (χ3n) is 5.38. The van der Waals surface area contributed by atoms with Crippen molar-refractivity contribution in [2.24, 2.45) is 0 Å². The molecule has 0 bridgehead atoms. The van der Waals surface area contributed by atoms with Gasteiger partial charge in [0.15, 0.2) is 0 Å². The minimum Gasteiger partial charge on any atom is -0.493 e. The molecule has 10 heteroatoms. The van der Waals surface area contributed by atoms with Crippen LogP contribution in [0.25, 0.3) is 0 Å². The number of carbonyl (C=O) groups excluding carboxylic acids is 2. The number of benzene rings is 1. The van der Waals surface area contributed by atoms with Crippen molar-refractivity contribution in [3.63, 3.8) is 0 Å². The summed E-state index contributed by atoms with van der Waals surface area (Å²) >= 11 is 0. The highest BCUT2D eigenvalue weighted by atomic mass is 32.2. The highest BCUT2D eigenvalue weighted by molar-refractivity contribution is 7.89. The third-order valence-corrected chi connectivity index (χ3v) is 7.12. The van der Waals surface area contributed by atoms with E-state index < -0.39 is 22.0 Å². The SMILES string of the molecule is CCOc1ccccc1C(=O)N[C@H]1C[C@H]2C(=O)N(CCCOC)S(=O)(=O)CCN2C1. The molecule has 30 heavy (non-hydrogen) atoms. The molecule has 2 aliphatic rings. The quantitative estimate of drug-likeness (QED) is 0.587. The fraction of sp³-hybridized carbons (Fsp3) is 0.600. The Morgan fingerprint density at radius 2 is 2.07 bits per heavy atom. The van der Waals surface area contributed by atoms with Gasteiger partial charge >= 0.3 is 0 Å². The molecule has 2 aliphatic heterocycles. The molecule has 1 N–H and O–H groups in total. The van der Waals surface area contributed by atoms with E-state index in [2.05, 4.69) is 5.32 Å². The third kappa shape index (κ3) is 4.93. The second kappa shape index (κ2) is 9.76. The number of hydrogen-bond donors (Lipinski definition) is 1. The largest absolute Gasteiger partial charge is 0.493 e. The summed E-state index contributed by atoms with van der Waals surface area (Å²) in [7, 11) is -2.11. The highest BCUT2D eigenvalue weighted by Crippen LogP contribution is 2.26. The zero-order valence-electron chi connectivity index (χ0n) is 17.4. The van der Waals surface area contributed by atoms with Crippen LogP contribution in [0.5, 0.6) is 5.75 Å². The van der Waals surface area contributed by atoms with Gasteiger partial charge in [-0.15, -0.1) is 0 Å². The molecule has 1 aromatic carbocycles. The van der Waals surface area contributed by atoms with E-state index in [0.29, 0.717) is 43.9 Å². The number of rotatable bonds is 8. The monoisotopic (exact) mass is 439 g/mol. The molecule has 2 heterocycles. The number of ether oxygens (including phenoxy) is 2. The Morgan fingerprint density at radius 3 is 2.80 bits per heavy atom. The van der Waals surface area contributed by atoms with Crippen molar-refractivity contribution in [1.82, 2.24) is 14.5 Å². The molecule has 0 aromatic heterocycles. The molecule has 0 saturated carbocycles. The lowest BCUT2D eigenvalue weighted by Gasteiger charge is -2.23. The van der Waals surface area contributed by atoms with Crippen LogP contribution in [0.3, 0.4) is 0 Å². The molecular formula is C20H29N3O6S. The number of hydrogen-bond acceptors (Lipinski definition) is 7. The maximum atomic E-state index is 13.0. The summed E-state index contributed by atoms with van der Waals surface area (Å²) < 4.78 is 36.6. The number of methoxy groups -OCH3 is 1. The number of amides is 2. The Hall–Kier alpha value is -2.17. The Bertz CT molecular complexity index is 875. The molecule has 1 aromatic rings. The molecular weight excluding hydrogens is 410 g/mol. The normalized spacial score (nSPS) is 23.7. The van der Waals surface area contributed by atoms with Crippen molar-refractivity contribution in [3.8, 4) is 5.75 Å². The number of nitrogens with zero attached hydrogens (tertiary/aromatic N) is 2. The van der Waals surface area contributed by atoms with Crippen LogP contribution in [0.4, 0.5) is 0 Å². The second-order valence-electron chi connectivity index (χ2n) is 7.42. The van der Waals surface area contributed by atoms with E-state index in [4.69, 9.17) is 9.47 Å². The highest BCUT2D eigenvalue weighted by Gasteiger charge is 2.45. The first-order valence-corrected chi connectivity index (χ1v) is 11.8. The van der Waals surface area contributed by atoms with Gasteiger partial charge in [0.05, 0.1) is 24.0 Å². The fourth-order valence-electron chi connectivity index (χ4n) is 3.96. The maximum absolute atomic E-state index is 13.0. The van der Waals surface area contributed by atoms with Crippen molar-refractivity contribution in [2.75, 3.05) is 45.7 Å². The predicted molar refractivity (Wildman–Crippen MR) is 111 cm³/mol. The van der Waals surface area contributed by atoms with Gasteiger partial charge in [-0.05, 0) is 31.9 Å². The Balaban J connectivity index is 1.69. The molecule has 0 spiro atoms. The minimum absolute atomic E-state index is 0.109. The molecule has 0 unspecified atom stereocenters. The van der Waals surface area contributed by atoms with Crippen LogP contribution < -0.4 is 10.1 Å². The lowest BCUT2D eigenvalue weighted by atomic mass is 10.1. The van der Waals surface area contributed by atoms with Crippen LogP contribution in [0, 0.1) is 0 Å². The Kier molecular flexibility index (Phi) is 7.32. The van der Waals surface area contributed by atoms with E-state index in [9.17, 15) is 18.0 Å². The summed E-state index contributed by atoms with van der Waals surface area (Å²) in [5.41, 5.74) is 0.441. The first-order valence-electron chi connectivity index (χ1n) is 10.2. The van der Waals surface area contributed by atoms with Gasteiger partial charge in [-0.2, -0.15) is 0 Å². The Morgan fingerprint density at radius 1 is 1.30 bits per heavy atom. The van der Waals surface area contributed by atoms with Crippen LogP contribution in [0.15, 0.2) is 24.3 Å². The van der Waals surface area contributed by atoms with Gasteiger partial charge in [0, 0.05) is 39.4 Å². The van der Waals surface area contributed by atoms with E-state index in [1.54, 1.807) is 24.3 Å². The van der Waals surface area contributed by atoms with Crippen LogP contribution in [-0.2, 0) is 19.6 Å². The van der Waals surface area contributed by atoms with Gasteiger partial charge < -0.3 is 14.8 Å². The van der Waals surface area contributed by atoms with Crippen LogP contribution in [-0.4, -0.2) is 87.2 Å². The summed E-state index contributed by atoms with van der Waals surface area (Å²) in [6.07, 6.45) is 0.820. The van der Waals surface area contributed by atoms with E-state index in [0.717, 1.165) is 4.31 Å². The van der Waals surface area contributed by atoms with Gasteiger partial charge in [0.25, 0.3) is 11.8 Å². The summed E-state index contributed by atoms with van der Waals surface area (Å²) in [6, 6.07) is 6.21. The van der Waals surface area contributed by atoms with Crippen LogP contribution >= 0.6 is 0 Å². The maximum Gasteiger partial charge on any atom is 0.255 e. The summed E-state index contributed by atoms with van der Waals surface area (Å²) in [5.74, 6) is -0.291. The predicted octanol–water partition coefficient (Wildman–Crippen LogP) is 0.467. The van der Waals surface area contributed by atoms with E-state index in [1.807, 2.05) is 11.8 Å². The summed E-state index contributed by atoms with van der Waals surface area (Å²) in [6.45, 7) is 3.49. The average Bonchev–Trinajstić information content (AvgIpc) is 3.09. The zero-order chi connectivity index (χ0) is 21.7. The van der Waals surface area contributed by atoms with Gasteiger partial charge in [-0.3, -0.25) is 14.5 Å². The Labute approximate surface area is 177 Å². The lowest BCUT2D eigenvalue weighted by Crippen LogP contribution is -2.44. The first-order chi connectivity index (χ1) is 14.4. The minimum atomic E-state index is -3.64. The standard InChI is InChI=1S/C20H29N3O6S/c1-3-29-18-8-5-4-7-16(18)19(24)21-15-13-17-20(25)23(9-6-11-28-2)30(26,27)12-10-22(17)14-15/h4-5,7-8,15,17H,3,6,9-14H2,1-2H3,(H,21,24)/t15-,17-/m0/s1. The van der Waals surface area contributed by atoms with Crippen molar-refractivity contribution >= 4 is 21.8 Å². The van der Waals surface area contributed by atoms with Gasteiger partial charge in [-0.25, -0.2) is 12.7 Å². The summed E-state index contributed by atoms with van der Waals surface area (Å²) in [4.78, 5) is 27.6.